The minimum atomic E-state index is -0.224. The number of anilines is 1. The van der Waals surface area contributed by atoms with Gasteiger partial charge in [-0.25, -0.2) is 0 Å². The summed E-state index contributed by atoms with van der Waals surface area (Å²) in [6.45, 7) is 2.83. The highest BCUT2D eigenvalue weighted by Crippen LogP contribution is 2.59. The molecule has 0 radical (unpaired) electrons. The van der Waals surface area contributed by atoms with Crippen LogP contribution in [0.25, 0.3) is 0 Å². The lowest BCUT2D eigenvalue weighted by Gasteiger charge is -2.56. The van der Waals surface area contributed by atoms with Gasteiger partial charge in [-0.2, -0.15) is 0 Å². The molecule has 0 amide bonds. The third-order valence-corrected chi connectivity index (χ3v) is 5.75. The minimum absolute atomic E-state index is 0.224. The van der Waals surface area contributed by atoms with E-state index in [4.69, 9.17) is 16.0 Å². The van der Waals surface area contributed by atoms with Gasteiger partial charge in [0.25, 0.3) is 0 Å². The SMILES string of the molecule is CC(Cl)c1nnc(NCC23CC4CC(CC(C4)C2)C3)o1. The molecule has 0 spiro atoms. The molecule has 5 rings (SSSR count). The van der Waals surface area contributed by atoms with Crippen molar-refractivity contribution in [3.8, 4) is 0 Å². The van der Waals surface area contributed by atoms with Crippen LogP contribution in [0.4, 0.5) is 6.01 Å². The quantitative estimate of drug-likeness (QED) is 0.853. The molecule has 1 aromatic heterocycles. The molecule has 1 atom stereocenters. The second kappa shape index (κ2) is 4.62. The summed E-state index contributed by atoms with van der Waals surface area (Å²) in [5.41, 5.74) is 0.482. The fourth-order valence-corrected chi connectivity index (χ4v) is 5.32. The second-order valence-corrected chi connectivity index (χ2v) is 7.99. The molecule has 0 aliphatic heterocycles. The average Bonchev–Trinajstić information content (AvgIpc) is 2.84. The van der Waals surface area contributed by atoms with Crippen LogP contribution < -0.4 is 5.32 Å². The fourth-order valence-electron chi connectivity index (χ4n) is 5.24. The van der Waals surface area contributed by atoms with Crippen molar-refractivity contribution < 1.29 is 4.42 Å². The highest BCUT2D eigenvalue weighted by atomic mass is 35.5. The summed E-state index contributed by atoms with van der Waals surface area (Å²) in [6, 6.07) is 0.531. The van der Waals surface area contributed by atoms with Crippen molar-refractivity contribution in [1.29, 1.82) is 0 Å². The lowest BCUT2D eigenvalue weighted by atomic mass is 9.49. The van der Waals surface area contributed by atoms with Crippen LogP contribution in [0.15, 0.2) is 4.42 Å². The molecule has 5 heteroatoms. The van der Waals surface area contributed by atoms with Gasteiger partial charge in [0.1, 0.15) is 5.38 Å². The van der Waals surface area contributed by atoms with E-state index < -0.39 is 0 Å². The summed E-state index contributed by atoms with van der Waals surface area (Å²) in [7, 11) is 0. The Morgan fingerprint density at radius 1 is 1.20 bits per heavy atom. The number of nitrogens with zero attached hydrogens (tertiary/aromatic N) is 2. The topological polar surface area (TPSA) is 51.0 Å². The van der Waals surface area contributed by atoms with E-state index >= 15 is 0 Å². The maximum Gasteiger partial charge on any atom is 0.315 e. The summed E-state index contributed by atoms with van der Waals surface area (Å²) < 4.78 is 5.54. The van der Waals surface area contributed by atoms with Crippen LogP contribution in [-0.2, 0) is 0 Å². The van der Waals surface area contributed by atoms with Crippen molar-refractivity contribution in [2.24, 2.45) is 23.2 Å². The van der Waals surface area contributed by atoms with Crippen LogP contribution in [-0.4, -0.2) is 16.7 Å². The Morgan fingerprint density at radius 2 is 1.80 bits per heavy atom. The van der Waals surface area contributed by atoms with Crippen LogP contribution in [0, 0.1) is 23.2 Å². The molecule has 110 valence electrons. The summed E-state index contributed by atoms with van der Waals surface area (Å²) >= 11 is 5.95. The van der Waals surface area contributed by atoms with Crippen molar-refractivity contribution in [2.45, 2.75) is 50.8 Å². The van der Waals surface area contributed by atoms with Gasteiger partial charge in [0.05, 0.1) is 0 Å². The van der Waals surface area contributed by atoms with Crippen LogP contribution in [0.3, 0.4) is 0 Å². The van der Waals surface area contributed by atoms with Crippen molar-refractivity contribution in [2.75, 3.05) is 11.9 Å². The number of hydrogen-bond donors (Lipinski definition) is 1. The van der Waals surface area contributed by atoms with Gasteiger partial charge < -0.3 is 9.73 Å². The van der Waals surface area contributed by atoms with Gasteiger partial charge >= 0.3 is 6.01 Å². The molecule has 4 fully saturated rings. The van der Waals surface area contributed by atoms with Crippen LogP contribution >= 0.6 is 11.6 Å². The molecule has 1 heterocycles. The molecule has 4 aliphatic rings. The number of aromatic nitrogens is 2. The van der Waals surface area contributed by atoms with Gasteiger partial charge in [0.15, 0.2) is 0 Å². The van der Waals surface area contributed by atoms with E-state index in [1.165, 1.54) is 38.5 Å². The van der Waals surface area contributed by atoms with Crippen molar-refractivity contribution in [3.05, 3.63) is 5.89 Å². The third kappa shape index (κ3) is 2.22. The van der Waals surface area contributed by atoms with Crippen LogP contribution in [0.2, 0.25) is 0 Å². The Balaban J connectivity index is 1.43. The van der Waals surface area contributed by atoms with E-state index in [-0.39, 0.29) is 5.38 Å². The standard InChI is InChI=1S/C15H22ClN3O/c1-9(16)13-18-19-14(20-13)17-8-15-5-10-2-11(6-15)4-12(3-10)7-15/h9-12H,2-8H2,1H3,(H,17,19). The van der Waals surface area contributed by atoms with Gasteiger partial charge in [-0.15, -0.1) is 16.7 Å². The minimum Gasteiger partial charge on any atom is -0.407 e. The largest absolute Gasteiger partial charge is 0.407 e. The van der Waals surface area contributed by atoms with Crippen LogP contribution in [0.5, 0.6) is 0 Å². The molecular weight excluding hydrogens is 274 g/mol. The molecular formula is C15H22ClN3O. The highest BCUT2D eigenvalue weighted by Gasteiger charge is 2.50. The molecule has 0 saturated heterocycles. The first-order valence-corrected chi connectivity index (χ1v) is 8.27. The van der Waals surface area contributed by atoms with Gasteiger partial charge in [-0.1, -0.05) is 5.10 Å². The maximum atomic E-state index is 5.95. The van der Waals surface area contributed by atoms with Crippen molar-refractivity contribution in [1.82, 2.24) is 10.2 Å². The second-order valence-electron chi connectivity index (χ2n) is 7.33. The Morgan fingerprint density at radius 3 is 2.30 bits per heavy atom. The molecule has 20 heavy (non-hydrogen) atoms. The summed E-state index contributed by atoms with van der Waals surface area (Å²) in [5, 5.41) is 11.2. The van der Waals surface area contributed by atoms with Gasteiger partial charge in [0, 0.05) is 6.54 Å². The van der Waals surface area contributed by atoms with Crippen LogP contribution in [0.1, 0.15) is 56.7 Å². The number of hydrogen-bond acceptors (Lipinski definition) is 4. The van der Waals surface area contributed by atoms with E-state index in [0.717, 1.165) is 24.3 Å². The number of rotatable bonds is 4. The summed E-state index contributed by atoms with van der Waals surface area (Å²) in [5.74, 6) is 3.43. The lowest BCUT2D eigenvalue weighted by Crippen LogP contribution is -2.49. The van der Waals surface area contributed by atoms with Gasteiger partial charge in [-0.05, 0) is 68.6 Å². The van der Waals surface area contributed by atoms with Crippen molar-refractivity contribution in [3.63, 3.8) is 0 Å². The van der Waals surface area contributed by atoms with Gasteiger partial charge in [-0.3, -0.25) is 0 Å². The molecule has 0 aromatic carbocycles. The predicted molar refractivity (Wildman–Crippen MR) is 77.7 cm³/mol. The molecule has 4 bridgehead atoms. The monoisotopic (exact) mass is 295 g/mol. The zero-order chi connectivity index (χ0) is 13.7. The highest BCUT2D eigenvalue weighted by molar-refractivity contribution is 6.20. The van der Waals surface area contributed by atoms with Crippen molar-refractivity contribution >= 4 is 17.6 Å². The smallest absolute Gasteiger partial charge is 0.315 e. The number of alkyl halides is 1. The third-order valence-electron chi connectivity index (χ3n) is 5.56. The first-order chi connectivity index (χ1) is 9.62. The first kappa shape index (κ1) is 12.9. The molecule has 1 aromatic rings. The van der Waals surface area contributed by atoms with Gasteiger partial charge in [0.2, 0.25) is 5.89 Å². The molecule has 1 unspecified atom stereocenters. The summed E-state index contributed by atoms with van der Waals surface area (Å²) in [4.78, 5) is 0. The molecule has 4 aliphatic carbocycles. The Hall–Kier alpha value is -0.770. The van der Waals surface area contributed by atoms with E-state index in [1.807, 2.05) is 6.92 Å². The van der Waals surface area contributed by atoms with E-state index in [1.54, 1.807) is 0 Å². The Bertz CT molecular complexity index is 464. The summed E-state index contributed by atoms with van der Waals surface area (Å²) in [6.07, 6.45) is 8.60. The molecule has 1 N–H and O–H groups in total. The average molecular weight is 296 g/mol. The zero-order valence-electron chi connectivity index (χ0n) is 11.9. The lowest BCUT2D eigenvalue weighted by molar-refractivity contribution is -0.0446. The molecule has 4 nitrogen and oxygen atoms in total. The Labute approximate surface area is 124 Å². The predicted octanol–water partition coefficient (Wildman–Crippen LogP) is 4.00. The fraction of sp³-hybridized carbons (Fsp3) is 0.867. The number of halogens is 1. The first-order valence-electron chi connectivity index (χ1n) is 7.83. The number of nitrogens with one attached hydrogen (secondary N) is 1. The zero-order valence-corrected chi connectivity index (χ0v) is 12.7. The maximum absolute atomic E-state index is 5.95. The van der Waals surface area contributed by atoms with E-state index in [9.17, 15) is 0 Å². The van der Waals surface area contributed by atoms with E-state index in [0.29, 0.717) is 17.3 Å². The normalized spacial score (nSPS) is 40.0. The Kier molecular flexibility index (Phi) is 2.99. The molecule has 4 saturated carbocycles. The van der Waals surface area contributed by atoms with E-state index in [2.05, 4.69) is 15.5 Å².